The topological polar surface area (TPSA) is 41.3 Å². The zero-order valence-electron chi connectivity index (χ0n) is 14.1. The largest absolute Gasteiger partial charge is 0.395 e. The first-order valence-corrected chi connectivity index (χ1v) is 8.36. The molecule has 0 atom stereocenters. The number of aliphatic hydroxyl groups excluding tert-OH is 1. The highest BCUT2D eigenvalue weighted by Gasteiger charge is 2.09. The van der Waals surface area contributed by atoms with Gasteiger partial charge in [-0.2, -0.15) is 5.10 Å². The maximum absolute atomic E-state index is 13.4. The van der Waals surface area contributed by atoms with Crippen molar-refractivity contribution in [3.63, 3.8) is 0 Å². The highest BCUT2D eigenvalue weighted by molar-refractivity contribution is 5.17. The summed E-state index contributed by atoms with van der Waals surface area (Å²) in [5.74, 6) is -0.239. The summed E-state index contributed by atoms with van der Waals surface area (Å²) in [6.45, 7) is 2.56. The molecule has 1 aromatic heterocycles. The molecule has 0 aliphatic carbocycles. The van der Waals surface area contributed by atoms with E-state index in [0.717, 1.165) is 17.7 Å². The van der Waals surface area contributed by atoms with Gasteiger partial charge in [-0.25, -0.2) is 4.39 Å². The van der Waals surface area contributed by atoms with Crippen LogP contribution in [0.4, 0.5) is 4.39 Å². The molecule has 130 valence electrons. The van der Waals surface area contributed by atoms with Gasteiger partial charge in [0.25, 0.3) is 0 Å². The Morgan fingerprint density at radius 1 is 0.960 bits per heavy atom. The second-order valence-corrected chi connectivity index (χ2v) is 6.10. The molecule has 0 radical (unpaired) electrons. The smallest absolute Gasteiger partial charge is 0.123 e. The minimum atomic E-state index is -0.239. The van der Waals surface area contributed by atoms with E-state index < -0.39 is 0 Å². The van der Waals surface area contributed by atoms with Gasteiger partial charge in [-0.15, -0.1) is 0 Å². The van der Waals surface area contributed by atoms with E-state index in [1.165, 1.54) is 17.7 Å². The lowest BCUT2D eigenvalue weighted by Crippen LogP contribution is -2.26. The first-order chi connectivity index (χ1) is 12.2. The second kappa shape index (κ2) is 8.55. The van der Waals surface area contributed by atoms with E-state index in [-0.39, 0.29) is 12.4 Å². The minimum Gasteiger partial charge on any atom is -0.395 e. The molecule has 0 fully saturated rings. The van der Waals surface area contributed by atoms with Crippen LogP contribution in [0.1, 0.15) is 16.7 Å². The third-order valence-electron chi connectivity index (χ3n) is 3.99. The Bertz CT molecular complexity index is 788. The van der Waals surface area contributed by atoms with Gasteiger partial charge >= 0.3 is 0 Å². The lowest BCUT2D eigenvalue weighted by molar-refractivity contribution is 0.184. The van der Waals surface area contributed by atoms with Crippen molar-refractivity contribution in [2.45, 2.75) is 19.6 Å². The maximum atomic E-state index is 13.4. The number of hydrogen-bond acceptors (Lipinski definition) is 3. The normalized spacial score (nSPS) is 11.2. The molecular weight excluding hydrogens is 317 g/mol. The van der Waals surface area contributed by atoms with Crippen molar-refractivity contribution >= 4 is 0 Å². The number of hydrogen-bond donors (Lipinski definition) is 1. The van der Waals surface area contributed by atoms with Gasteiger partial charge in [0.1, 0.15) is 5.82 Å². The number of aliphatic hydroxyl groups is 1. The van der Waals surface area contributed by atoms with E-state index >= 15 is 0 Å². The van der Waals surface area contributed by atoms with Crippen LogP contribution in [-0.2, 0) is 19.6 Å². The van der Waals surface area contributed by atoms with Gasteiger partial charge in [0.2, 0.25) is 0 Å². The summed E-state index contributed by atoms with van der Waals surface area (Å²) in [7, 11) is 0. The molecule has 4 nitrogen and oxygen atoms in total. The van der Waals surface area contributed by atoms with Crippen LogP contribution in [0, 0.1) is 5.82 Å². The molecular formula is C20H22FN3O. The van der Waals surface area contributed by atoms with E-state index in [1.54, 1.807) is 6.07 Å². The molecule has 0 amide bonds. The van der Waals surface area contributed by atoms with Crippen LogP contribution in [0.15, 0.2) is 67.0 Å². The first-order valence-electron chi connectivity index (χ1n) is 8.36. The number of halogens is 1. The molecule has 2 aromatic carbocycles. The lowest BCUT2D eigenvalue weighted by atomic mass is 10.2. The van der Waals surface area contributed by atoms with E-state index in [2.05, 4.69) is 22.1 Å². The predicted octanol–water partition coefficient (Wildman–Crippen LogP) is 3.07. The predicted molar refractivity (Wildman–Crippen MR) is 95.4 cm³/mol. The fourth-order valence-corrected chi connectivity index (χ4v) is 2.85. The molecule has 5 heteroatoms. The molecule has 0 bridgehead atoms. The van der Waals surface area contributed by atoms with Crippen molar-refractivity contribution in [1.29, 1.82) is 0 Å². The molecule has 0 aliphatic heterocycles. The number of nitrogens with zero attached hydrogens (tertiary/aromatic N) is 3. The van der Waals surface area contributed by atoms with E-state index in [9.17, 15) is 9.50 Å². The third kappa shape index (κ3) is 5.24. The Labute approximate surface area is 147 Å². The summed E-state index contributed by atoms with van der Waals surface area (Å²) >= 11 is 0. The van der Waals surface area contributed by atoms with Gasteiger partial charge in [-0.1, -0.05) is 42.5 Å². The average Bonchev–Trinajstić information content (AvgIpc) is 3.03. The molecule has 1 heterocycles. The second-order valence-electron chi connectivity index (χ2n) is 6.10. The van der Waals surface area contributed by atoms with Crippen LogP contribution in [0.25, 0.3) is 0 Å². The summed E-state index contributed by atoms with van der Waals surface area (Å²) in [6, 6.07) is 16.7. The Kier molecular flexibility index (Phi) is 5.93. The molecule has 0 aliphatic rings. The van der Waals surface area contributed by atoms with Crippen LogP contribution < -0.4 is 0 Å². The minimum absolute atomic E-state index is 0.0630. The van der Waals surface area contributed by atoms with Crippen LogP contribution in [0.2, 0.25) is 0 Å². The Morgan fingerprint density at radius 2 is 1.72 bits per heavy atom. The molecule has 0 saturated heterocycles. The zero-order chi connectivity index (χ0) is 17.5. The summed E-state index contributed by atoms with van der Waals surface area (Å²) in [5, 5.41) is 13.7. The standard InChI is InChI=1S/C20H22FN3O/c21-20-8-4-7-18(11-20)13-23(9-10-25)14-19-12-22-24(16-19)15-17-5-2-1-3-6-17/h1-8,11-12,16,25H,9-10,13-15H2. The van der Waals surface area contributed by atoms with Crippen molar-refractivity contribution in [1.82, 2.24) is 14.7 Å². The van der Waals surface area contributed by atoms with Crippen molar-refractivity contribution in [2.24, 2.45) is 0 Å². The van der Waals surface area contributed by atoms with E-state index in [4.69, 9.17) is 0 Å². The van der Waals surface area contributed by atoms with Crippen molar-refractivity contribution < 1.29 is 9.50 Å². The lowest BCUT2D eigenvalue weighted by Gasteiger charge is -2.20. The molecule has 0 saturated carbocycles. The zero-order valence-corrected chi connectivity index (χ0v) is 14.1. The Hall–Kier alpha value is -2.50. The van der Waals surface area contributed by atoms with Crippen LogP contribution >= 0.6 is 0 Å². The average molecular weight is 339 g/mol. The highest BCUT2D eigenvalue weighted by Crippen LogP contribution is 2.11. The maximum Gasteiger partial charge on any atom is 0.123 e. The number of benzene rings is 2. The highest BCUT2D eigenvalue weighted by atomic mass is 19.1. The SMILES string of the molecule is OCCN(Cc1cccc(F)c1)Cc1cnn(Cc2ccccc2)c1. The van der Waals surface area contributed by atoms with Gasteiger partial charge in [0.15, 0.2) is 0 Å². The molecule has 3 rings (SSSR count). The summed E-state index contributed by atoms with van der Waals surface area (Å²) in [6.07, 6.45) is 3.86. The fourth-order valence-electron chi connectivity index (χ4n) is 2.85. The first kappa shape index (κ1) is 17.3. The van der Waals surface area contributed by atoms with E-state index in [0.29, 0.717) is 19.6 Å². The molecule has 3 aromatic rings. The molecule has 0 unspecified atom stereocenters. The van der Waals surface area contributed by atoms with Gasteiger partial charge in [-0.05, 0) is 23.3 Å². The summed E-state index contributed by atoms with van der Waals surface area (Å²) in [5.41, 5.74) is 3.16. The van der Waals surface area contributed by atoms with E-state index in [1.807, 2.05) is 41.3 Å². The Balaban J connectivity index is 1.64. The molecule has 0 spiro atoms. The van der Waals surface area contributed by atoms with Crippen molar-refractivity contribution in [3.05, 3.63) is 89.5 Å². The van der Waals surface area contributed by atoms with Crippen LogP contribution in [0.3, 0.4) is 0 Å². The quantitative estimate of drug-likeness (QED) is 0.686. The monoisotopic (exact) mass is 339 g/mol. The molecule has 1 N–H and O–H groups in total. The van der Waals surface area contributed by atoms with Crippen LogP contribution in [-0.4, -0.2) is 32.9 Å². The number of rotatable bonds is 8. The van der Waals surface area contributed by atoms with Crippen LogP contribution in [0.5, 0.6) is 0 Å². The summed E-state index contributed by atoms with van der Waals surface area (Å²) < 4.78 is 15.3. The van der Waals surface area contributed by atoms with Crippen molar-refractivity contribution in [2.75, 3.05) is 13.2 Å². The number of aromatic nitrogens is 2. The third-order valence-corrected chi connectivity index (χ3v) is 3.99. The fraction of sp³-hybridized carbons (Fsp3) is 0.250. The molecule has 25 heavy (non-hydrogen) atoms. The summed E-state index contributed by atoms with van der Waals surface area (Å²) in [4.78, 5) is 2.08. The van der Waals surface area contributed by atoms with Gasteiger partial charge in [0, 0.05) is 31.4 Å². The van der Waals surface area contributed by atoms with Gasteiger partial charge < -0.3 is 5.11 Å². The van der Waals surface area contributed by atoms with Crippen molar-refractivity contribution in [3.8, 4) is 0 Å². The van der Waals surface area contributed by atoms with Gasteiger partial charge in [-0.3, -0.25) is 9.58 Å². The van der Waals surface area contributed by atoms with Gasteiger partial charge in [0.05, 0.1) is 19.3 Å². The Morgan fingerprint density at radius 3 is 2.48 bits per heavy atom.